The third kappa shape index (κ3) is 6.16. The molecule has 0 saturated carbocycles. The topological polar surface area (TPSA) is 90.7 Å². The Bertz CT molecular complexity index is 943. The van der Waals surface area contributed by atoms with E-state index in [0.29, 0.717) is 12.1 Å². The third-order valence-electron chi connectivity index (χ3n) is 5.35. The van der Waals surface area contributed by atoms with Gasteiger partial charge in [0, 0.05) is 6.04 Å². The molecule has 1 aromatic carbocycles. The molecule has 1 unspecified atom stereocenters. The van der Waals surface area contributed by atoms with Crippen molar-refractivity contribution in [1.29, 1.82) is 0 Å². The first-order chi connectivity index (χ1) is 14.4. The molecule has 2 aromatic rings. The van der Waals surface area contributed by atoms with Gasteiger partial charge in [0.05, 0.1) is 12.3 Å². The minimum Gasteiger partial charge on any atom is -0.494 e. The van der Waals surface area contributed by atoms with Crippen LogP contribution in [0.3, 0.4) is 0 Å². The van der Waals surface area contributed by atoms with E-state index in [-0.39, 0.29) is 24.0 Å². The SMILES string of the molecule is CCC(=NC(C)CCCN(CC)CC)c1c(O)n(Cc2ccccc2)c(=O)[nH]c1=O. The lowest BCUT2D eigenvalue weighted by molar-refractivity contribution is 0.294. The van der Waals surface area contributed by atoms with E-state index >= 15 is 0 Å². The lowest BCUT2D eigenvalue weighted by Crippen LogP contribution is -2.34. The highest BCUT2D eigenvalue weighted by Gasteiger charge is 2.19. The summed E-state index contributed by atoms with van der Waals surface area (Å²) < 4.78 is 1.18. The number of nitrogens with zero attached hydrogens (tertiary/aromatic N) is 3. The normalized spacial score (nSPS) is 13.0. The highest BCUT2D eigenvalue weighted by molar-refractivity contribution is 6.02. The van der Waals surface area contributed by atoms with E-state index in [2.05, 4.69) is 23.7 Å². The lowest BCUT2D eigenvalue weighted by atomic mass is 10.1. The molecule has 0 spiro atoms. The Morgan fingerprint density at radius 3 is 2.43 bits per heavy atom. The Balaban J connectivity index is 2.28. The van der Waals surface area contributed by atoms with Gasteiger partial charge in [0.15, 0.2) is 0 Å². The maximum absolute atomic E-state index is 12.5. The first-order valence-corrected chi connectivity index (χ1v) is 10.8. The van der Waals surface area contributed by atoms with Gasteiger partial charge in [-0.2, -0.15) is 0 Å². The van der Waals surface area contributed by atoms with E-state index in [4.69, 9.17) is 4.99 Å². The summed E-state index contributed by atoms with van der Waals surface area (Å²) in [7, 11) is 0. The van der Waals surface area contributed by atoms with Gasteiger partial charge < -0.3 is 10.0 Å². The molecule has 30 heavy (non-hydrogen) atoms. The van der Waals surface area contributed by atoms with E-state index in [1.165, 1.54) is 4.57 Å². The predicted octanol–water partition coefficient (Wildman–Crippen LogP) is 3.00. The van der Waals surface area contributed by atoms with E-state index in [1.54, 1.807) is 0 Å². The largest absolute Gasteiger partial charge is 0.494 e. The number of aromatic amines is 1. The van der Waals surface area contributed by atoms with Gasteiger partial charge in [-0.25, -0.2) is 4.79 Å². The molecule has 0 aliphatic rings. The number of hydrogen-bond donors (Lipinski definition) is 2. The van der Waals surface area contributed by atoms with Crippen LogP contribution in [0.25, 0.3) is 0 Å². The van der Waals surface area contributed by atoms with Crippen LogP contribution in [0.4, 0.5) is 0 Å². The lowest BCUT2D eigenvalue weighted by Gasteiger charge is -2.18. The van der Waals surface area contributed by atoms with Crippen LogP contribution in [0.5, 0.6) is 5.88 Å². The van der Waals surface area contributed by atoms with E-state index < -0.39 is 11.2 Å². The van der Waals surface area contributed by atoms with Gasteiger partial charge >= 0.3 is 5.69 Å². The second-order valence-electron chi connectivity index (χ2n) is 7.48. The van der Waals surface area contributed by atoms with Crippen LogP contribution in [0, 0.1) is 0 Å². The van der Waals surface area contributed by atoms with Crippen molar-refractivity contribution in [3.63, 3.8) is 0 Å². The zero-order valence-corrected chi connectivity index (χ0v) is 18.5. The molecule has 1 heterocycles. The van der Waals surface area contributed by atoms with E-state index in [0.717, 1.165) is 38.0 Å². The maximum Gasteiger partial charge on any atom is 0.331 e. The molecule has 0 saturated heterocycles. The van der Waals surface area contributed by atoms with Crippen molar-refractivity contribution in [3.05, 3.63) is 62.3 Å². The molecule has 0 fully saturated rings. The van der Waals surface area contributed by atoms with Crippen molar-refractivity contribution in [2.75, 3.05) is 19.6 Å². The number of H-pyrrole nitrogens is 1. The minimum absolute atomic E-state index is 0.0174. The smallest absolute Gasteiger partial charge is 0.331 e. The molecule has 2 rings (SSSR count). The summed E-state index contributed by atoms with van der Waals surface area (Å²) >= 11 is 0. The fourth-order valence-electron chi connectivity index (χ4n) is 3.55. The van der Waals surface area contributed by atoms with Crippen molar-refractivity contribution < 1.29 is 5.11 Å². The Morgan fingerprint density at radius 1 is 1.17 bits per heavy atom. The fourth-order valence-corrected chi connectivity index (χ4v) is 3.55. The molecule has 7 nitrogen and oxygen atoms in total. The van der Waals surface area contributed by atoms with Crippen molar-refractivity contribution >= 4 is 5.71 Å². The summed E-state index contributed by atoms with van der Waals surface area (Å²) in [6.45, 7) is 11.5. The quantitative estimate of drug-likeness (QED) is 0.553. The average molecular weight is 415 g/mol. The molecule has 0 aliphatic heterocycles. The van der Waals surface area contributed by atoms with Crippen LogP contribution in [0.1, 0.15) is 58.1 Å². The second-order valence-corrected chi connectivity index (χ2v) is 7.48. The van der Waals surface area contributed by atoms with Gasteiger partial charge in [-0.1, -0.05) is 51.1 Å². The Hall–Kier alpha value is -2.67. The van der Waals surface area contributed by atoms with Crippen LogP contribution in [0.2, 0.25) is 0 Å². The maximum atomic E-state index is 12.5. The van der Waals surface area contributed by atoms with Crippen LogP contribution in [-0.4, -0.2) is 50.9 Å². The highest BCUT2D eigenvalue weighted by atomic mass is 16.3. The second kappa shape index (κ2) is 11.5. The van der Waals surface area contributed by atoms with Crippen molar-refractivity contribution in [3.8, 4) is 5.88 Å². The van der Waals surface area contributed by atoms with Crippen LogP contribution >= 0.6 is 0 Å². The minimum atomic E-state index is -0.632. The summed E-state index contributed by atoms with van der Waals surface area (Å²) in [4.78, 5) is 34.2. The van der Waals surface area contributed by atoms with Crippen LogP contribution in [-0.2, 0) is 6.54 Å². The molecule has 0 bridgehead atoms. The monoisotopic (exact) mass is 414 g/mol. The standard InChI is InChI=1S/C23H34N4O3/c1-5-19(24-17(4)12-11-15-26(6-2)7-3)20-21(28)25-23(30)27(22(20)29)16-18-13-9-8-10-14-18/h8-10,13-14,17,29H,5-7,11-12,15-16H2,1-4H3,(H,25,28,30). The summed E-state index contributed by atoms with van der Waals surface area (Å²) in [6, 6.07) is 9.36. The van der Waals surface area contributed by atoms with Crippen molar-refractivity contribution in [1.82, 2.24) is 14.5 Å². The molecule has 0 radical (unpaired) electrons. The fraction of sp³-hybridized carbons (Fsp3) is 0.522. The van der Waals surface area contributed by atoms with Crippen molar-refractivity contribution in [2.45, 2.75) is 59.5 Å². The van der Waals surface area contributed by atoms with Crippen LogP contribution < -0.4 is 11.2 Å². The summed E-state index contributed by atoms with van der Waals surface area (Å²) in [5.74, 6) is -0.330. The number of aliphatic imine (C=N–C) groups is 1. The number of benzene rings is 1. The molecule has 1 atom stereocenters. The molecular formula is C23H34N4O3. The van der Waals surface area contributed by atoms with Crippen LogP contribution in [0.15, 0.2) is 44.9 Å². The number of hydrogen-bond acceptors (Lipinski definition) is 5. The first kappa shape index (κ1) is 23.6. The molecule has 2 N–H and O–H groups in total. The number of aromatic hydroxyl groups is 1. The molecular weight excluding hydrogens is 380 g/mol. The van der Waals surface area contributed by atoms with Gasteiger partial charge in [-0.15, -0.1) is 0 Å². The Labute approximate surface area is 178 Å². The van der Waals surface area contributed by atoms with Gasteiger partial charge in [-0.3, -0.25) is 19.3 Å². The highest BCUT2D eigenvalue weighted by Crippen LogP contribution is 2.16. The predicted molar refractivity (Wildman–Crippen MR) is 122 cm³/mol. The summed E-state index contributed by atoms with van der Waals surface area (Å²) in [5.41, 5.74) is 0.229. The van der Waals surface area contributed by atoms with Gasteiger partial charge in [-0.05, 0) is 51.4 Å². The molecule has 164 valence electrons. The first-order valence-electron chi connectivity index (χ1n) is 10.8. The number of rotatable bonds is 11. The van der Waals surface area contributed by atoms with Crippen molar-refractivity contribution in [2.24, 2.45) is 4.99 Å². The molecule has 7 heteroatoms. The molecule has 1 aromatic heterocycles. The number of aromatic nitrogens is 2. The average Bonchev–Trinajstić information content (AvgIpc) is 2.74. The molecule has 0 amide bonds. The molecule has 0 aliphatic carbocycles. The number of nitrogens with one attached hydrogen (secondary N) is 1. The Kier molecular flexibility index (Phi) is 9.05. The summed E-state index contributed by atoms with van der Waals surface area (Å²) in [6.07, 6.45) is 2.39. The van der Waals surface area contributed by atoms with Gasteiger partial charge in [0.25, 0.3) is 5.56 Å². The van der Waals surface area contributed by atoms with Gasteiger partial charge in [0.1, 0.15) is 5.56 Å². The zero-order valence-electron chi connectivity index (χ0n) is 18.5. The van der Waals surface area contributed by atoms with E-state index in [9.17, 15) is 14.7 Å². The zero-order chi connectivity index (χ0) is 22.1. The van der Waals surface area contributed by atoms with Gasteiger partial charge in [0.2, 0.25) is 5.88 Å². The van der Waals surface area contributed by atoms with E-state index in [1.807, 2.05) is 44.2 Å². The summed E-state index contributed by atoms with van der Waals surface area (Å²) in [5, 5.41) is 10.8. The third-order valence-corrected chi connectivity index (χ3v) is 5.35. The Morgan fingerprint density at radius 2 is 1.83 bits per heavy atom.